The number of hydrogen-bond acceptors (Lipinski definition) is 2. The number of anilines is 1. The summed E-state index contributed by atoms with van der Waals surface area (Å²) in [5, 5.41) is 9.12. The van der Waals surface area contributed by atoms with Crippen LogP contribution in [0, 0.1) is 28.1 Å². The van der Waals surface area contributed by atoms with Gasteiger partial charge in [0, 0.05) is 13.0 Å². The highest BCUT2D eigenvalue weighted by molar-refractivity contribution is 5.98. The fraction of sp³-hybridized carbons (Fsp3) is 0.500. The number of benzene rings is 1. The first-order valence-electron chi connectivity index (χ1n) is 6.52. The third-order valence-corrected chi connectivity index (χ3v) is 4.98. The number of carbonyl (C=O) groups is 1. The topological polar surface area (TPSA) is 44.1 Å². The van der Waals surface area contributed by atoms with E-state index in [2.05, 4.69) is 33.8 Å². The predicted octanol–water partition coefficient (Wildman–Crippen LogP) is 3.20. The van der Waals surface area contributed by atoms with Gasteiger partial charge in [-0.1, -0.05) is 39.8 Å². The molecule has 1 aromatic rings. The van der Waals surface area contributed by atoms with Gasteiger partial charge < -0.3 is 4.90 Å². The monoisotopic (exact) mass is 256 g/mol. The van der Waals surface area contributed by atoms with E-state index >= 15 is 0 Å². The molecule has 3 nitrogen and oxygen atoms in total. The van der Waals surface area contributed by atoms with Crippen molar-refractivity contribution in [2.45, 2.75) is 27.7 Å². The lowest BCUT2D eigenvalue weighted by Crippen LogP contribution is -2.30. The van der Waals surface area contributed by atoms with Crippen LogP contribution in [0.25, 0.3) is 0 Å². The molecule has 0 atom stereocenters. The van der Waals surface area contributed by atoms with E-state index in [4.69, 9.17) is 5.26 Å². The zero-order valence-corrected chi connectivity index (χ0v) is 12.2. The van der Waals surface area contributed by atoms with Crippen molar-refractivity contribution in [1.82, 2.24) is 0 Å². The first-order valence-corrected chi connectivity index (χ1v) is 6.52. The molecule has 2 rings (SSSR count). The van der Waals surface area contributed by atoms with Gasteiger partial charge in [-0.15, -0.1) is 0 Å². The first-order chi connectivity index (χ1) is 8.75. The zero-order valence-electron chi connectivity index (χ0n) is 12.2. The highest BCUT2D eigenvalue weighted by Gasteiger charge is 2.68. The van der Waals surface area contributed by atoms with E-state index in [1.165, 1.54) is 0 Å². The van der Waals surface area contributed by atoms with Crippen molar-refractivity contribution in [2.75, 3.05) is 11.9 Å². The Hall–Kier alpha value is -1.82. The lowest BCUT2D eigenvalue weighted by molar-refractivity contribution is -0.120. The van der Waals surface area contributed by atoms with E-state index in [0.717, 1.165) is 0 Å². The molecule has 1 fully saturated rings. The fourth-order valence-electron chi connectivity index (χ4n) is 2.99. The van der Waals surface area contributed by atoms with Crippen molar-refractivity contribution < 1.29 is 4.79 Å². The third-order valence-electron chi connectivity index (χ3n) is 4.98. The minimum Gasteiger partial charge on any atom is -0.314 e. The van der Waals surface area contributed by atoms with E-state index in [1.807, 2.05) is 18.2 Å². The lowest BCUT2D eigenvalue weighted by Gasteiger charge is -2.19. The summed E-state index contributed by atoms with van der Waals surface area (Å²) in [6.45, 7) is 8.50. The maximum absolute atomic E-state index is 12.6. The number of carbonyl (C=O) groups excluding carboxylic acids is 1. The largest absolute Gasteiger partial charge is 0.314 e. The number of rotatable bonds is 2. The van der Waals surface area contributed by atoms with Crippen LogP contribution in [0.3, 0.4) is 0 Å². The lowest BCUT2D eigenvalue weighted by atomic mass is 10.0. The molecular formula is C16H20N2O. The van der Waals surface area contributed by atoms with Gasteiger partial charge in [0.05, 0.1) is 11.3 Å². The molecule has 0 bridgehead atoms. The summed E-state index contributed by atoms with van der Waals surface area (Å²) in [5.41, 5.74) is 1.25. The summed E-state index contributed by atoms with van der Waals surface area (Å²) in [7, 11) is 1.75. The minimum atomic E-state index is 0.0109. The highest BCUT2D eigenvalue weighted by Crippen LogP contribution is 2.68. The van der Waals surface area contributed by atoms with Crippen molar-refractivity contribution in [3.63, 3.8) is 0 Å². The molecule has 0 saturated heterocycles. The van der Waals surface area contributed by atoms with Gasteiger partial charge in [0.15, 0.2) is 0 Å². The number of hydrogen-bond donors (Lipinski definition) is 0. The van der Waals surface area contributed by atoms with E-state index in [1.54, 1.807) is 18.0 Å². The predicted molar refractivity (Wildman–Crippen MR) is 75.6 cm³/mol. The van der Waals surface area contributed by atoms with E-state index in [9.17, 15) is 4.79 Å². The van der Waals surface area contributed by atoms with Gasteiger partial charge in [-0.25, -0.2) is 0 Å². The number of nitriles is 1. The second-order valence-electron chi connectivity index (χ2n) is 6.40. The second-order valence-corrected chi connectivity index (χ2v) is 6.40. The molecule has 3 heteroatoms. The Kier molecular flexibility index (Phi) is 2.93. The Balaban J connectivity index is 2.30. The highest BCUT2D eigenvalue weighted by atomic mass is 16.2. The van der Waals surface area contributed by atoms with E-state index in [0.29, 0.717) is 11.3 Å². The maximum atomic E-state index is 12.6. The molecule has 0 radical (unpaired) electrons. The van der Waals surface area contributed by atoms with Gasteiger partial charge in [0.2, 0.25) is 5.91 Å². The summed E-state index contributed by atoms with van der Waals surface area (Å²) in [5.74, 6) is 0.106. The van der Waals surface area contributed by atoms with Crippen LogP contribution < -0.4 is 4.90 Å². The van der Waals surface area contributed by atoms with Gasteiger partial charge in [-0.05, 0) is 23.0 Å². The third kappa shape index (κ3) is 1.83. The summed E-state index contributed by atoms with van der Waals surface area (Å²) < 4.78 is 0. The number of amides is 1. The molecule has 0 unspecified atom stereocenters. The molecule has 0 aliphatic heterocycles. The van der Waals surface area contributed by atoms with Crippen molar-refractivity contribution in [3.8, 4) is 6.07 Å². The van der Waals surface area contributed by atoms with Gasteiger partial charge >= 0.3 is 0 Å². The van der Waals surface area contributed by atoms with Crippen LogP contribution in [0.2, 0.25) is 0 Å². The molecular weight excluding hydrogens is 236 g/mol. The average molecular weight is 256 g/mol. The van der Waals surface area contributed by atoms with Crippen LogP contribution in [0.4, 0.5) is 5.69 Å². The number of para-hydroxylation sites is 1. The zero-order chi connectivity index (χ0) is 14.4. The smallest absolute Gasteiger partial charge is 0.230 e. The van der Waals surface area contributed by atoms with Crippen LogP contribution in [-0.4, -0.2) is 13.0 Å². The molecule has 0 spiro atoms. The van der Waals surface area contributed by atoms with Crippen LogP contribution in [0.1, 0.15) is 33.3 Å². The van der Waals surface area contributed by atoms with Gasteiger partial charge in [0.25, 0.3) is 0 Å². The second kappa shape index (κ2) is 4.09. The van der Waals surface area contributed by atoms with Gasteiger partial charge in [-0.2, -0.15) is 5.26 Å². The summed E-state index contributed by atoms with van der Waals surface area (Å²) in [6, 6.07) is 9.36. The Morgan fingerprint density at radius 1 is 1.21 bits per heavy atom. The molecule has 0 aromatic heterocycles. The molecule has 1 aromatic carbocycles. The normalized spacial score (nSPS) is 19.6. The molecule has 0 N–H and O–H groups in total. The molecule has 1 aliphatic carbocycles. The van der Waals surface area contributed by atoms with Gasteiger partial charge in [0.1, 0.15) is 6.07 Å². The maximum Gasteiger partial charge on any atom is 0.230 e. The minimum absolute atomic E-state index is 0.0109. The number of nitrogens with zero attached hydrogens (tertiary/aromatic N) is 2. The summed E-state index contributed by atoms with van der Waals surface area (Å²) in [4.78, 5) is 14.2. The van der Waals surface area contributed by atoms with Gasteiger partial charge in [-0.3, -0.25) is 4.79 Å². The van der Waals surface area contributed by atoms with Crippen LogP contribution in [-0.2, 0) is 4.79 Å². The van der Waals surface area contributed by atoms with Crippen molar-refractivity contribution in [3.05, 3.63) is 29.8 Å². The Bertz CT molecular complexity index is 552. The molecule has 100 valence electrons. The fourth-order valence-corrected chi connectivity index (χ4v) is 2.99. The van der Waals surface area contributed by atoms with Crippen LogP contribution in [0.5, 0.6) is 0 Å². The van der Waals surface area contributed by atoms with Crippen molar-refractivity contribution in [2.24, 2.45) is 16.7 Å². The average Bonchev–Trinajstić information content (AvgIpc) is 2.78. The molecule has 1 aliphatic rings. The Morgan fingerprint density at radius 2 is 1.74 bits per heavy atom. The molecule has 19 heavy (non-hydrogen) atoms. The summed E-state index contributed by atoms with van der Waals surface area (Å²) in [6.07, 6.45) is 0. The standard InChI is InChI=1S/C16H20N2O/c1-15(2)13(16(15,3)4)14(19)18(5)12-9-7-6-8-11(12)10-17/h6-9,13H,1-5H3. The van der Waals surface area contributed by atoms with Crippen molar-refractivity contribution in [1.29, 1.82) is 5.26 Å². The Labute approximate surface area is 114 Å². The van der Waals surface area contributed by atoms with E-state index < -0.39 is 0 Å². The molecule has 1 saturated carbocycles. The van der Waals surface area contributed by atoms with Crippen LogP contribution in [0.15, 0.2) is 24.3 Å². The van der Waals surface area contributed by atoms with Crippen LogP contribution >= 0.6 is 0 Å². The summed E-state index contributed by atoms with van der Waals surface area (Å²) >= 11 is 0. The Morgan fingerprint density at radius 3 is 2.21 bits per heavy atom. The SMILES string of the molecule is CN(C(=O)C1C(C)(C)C1(C)C)c1ccccc1C#N. The van der Waals surface area contributed by atoms with Crippen molar-refractivity contribution >= 4 is 11.6 Å². The quantitative estimate of drug-likeness (QED) is 0.815. The first kappa shape index (κ1) is 13.6. The molecule has 1 amide bonds. The molecule has 0 heterocycles. The van der Waals surface area contributed by atoms with E-state index in [-0.39, 0.29) is 22.7 Å².